The van der Waals surface area contributed by atoms with Gasteiger partial charge in [-0.3, -0.25) is 9.78 Å². The van der Waals surface area contributed by atoms with Crippen LogP contribution in [0.3, 0.4) is 0 Å². The minimum absolute atomic E-state index is 0.114. The maximum absolute atomic E-state index is 11.3. The number of pyridine rings is 2. The highest BCUT2D eigenvalue weighted by atomic mass is 16.1. The van der Waals surface area contributed by atoms with Gasteiger partial charge in [0, 0.05) is 23.7 Å². The molecule has 0 aliphatic carbocycles. The molecule has 2 heterocycles. The summed E-state index contributed by atoms with van der Waals surface area (Å²) in [6, 6.07) is 8.63. The van der Waals surface area contributed by atoms with Crippen molar-refractivity contribution in [2.24, 2.45) is 0 Å². The van der Waals surface area contributed by atoms with Gasteiger partial charge in [0.1, 0.15) is 11.6 Å². The molecule has 2 aromatic rings. The number of rotatable bonds is 1. The summed E-state index contributed by atoms with van der Waals surface area (Å²) in [5.41, 5.74) is 1.22. The maximum Gasteiger partial charge on any atom is 0.266 e. The van der Waals surface area contributed by atoms with E-state index in [4.69, 9.17) is 5.26 Å². The van der Waals surface area contributed by atoms with Crippen LogP contribution in [0.4, 0.5) is 0 Å². The molecule has 0 saturated heterocycles. The van der Waals surface area contributed by atoms with Crippen molar-refractivity contribution < 1.29 is 0 Å². The Hall–Kier alpha value is -2.41. The van der Waals surface area contributed by atoms with Crippen LogP contribution < -0.4 is 5.56 Å². The zero-order valence-corrected chi connectivity index (χ0v) is 7.77. The van der Waals surface area contributed by atoms with Crippen LogP contribution in [-0.4, -0.2) is 9.97 Å². The van der Waals surface area contributed by atoms with E-state index < -0.39 is 0 Å². The standard InChI is InChI=1S/C11H7N3O/c12-6-8-3-4-10(14-11(8)15)9-2-1-5-13-7-9/h1-5,7H,(H,14,15). The number of aromatic amines is 1. The van der Waals surface area contributed by atoms with Crippen LogP contribution in [0, 0.1) is 11.3 Å². The zero-order chi connectivity index (χ0) is 10.7. The minimum atomic E-state index is -0.376. The Balaban J connectivity index is 2.54. The molecule has 72 valence electrons. The van der Waals surface area contributed by atoms with Crippen molar-refractivity contribution in [3.05, 3.63) is 52.6 Å². The summed E-state index contributed by atoms with van der Waals surface area (Å²) < 4.78 is 0. The molecule has 0 saturated carbocycles. The van der Waals surface area contributed by atoms with Crippen LogP contribution in [0.1, 0.15) is 5.56 Å². The summed E-state index contributed by atoms with van der Waals surface area (Å²) in [7, 11) is 0. The minimum Gasteiger partial charge on any atom is -0.321 e. The molecule has 1 N–H and O–H groups in total. The Morgan fingerprint density at radius 3 is 2.80 bits per heavy atom. The average Bonchev–Trinajstić information content (AvgIpc) is 2.30. The summed E-state index contributed by atoms with van der Waals surface area (Å²) in [6.07, 6.45) is 3.31. The molecule has 2 aromatic heterocycles. The largest absolute Gasteiger partial charge is 0.321 e. The average molecular weight is 197 g/mol. The van der Waals surface area contributed by atoms with Crippen molar-refractivity contribution >= 4 is 0 Å². The number of hydrogen-bond acceptors (Lipinski definition) is 3. The van der Waals surface area contributed by atoms with Gasteiger partial charge in [0.15, 0.2) is 0 Å². The first kappa shape index (κ1) is 9.16. The molecule has 0 fully saturated rings. The van der Waals surface area contributed by atoms with E-state index in [1.165, 1.54) is 6.07 Å². The van der Waals surface area contributed by atoms with Crippen molar-refractivity contribution in [1.82, 2.24) is 9.97 Å². The van der Waals surface area contributed by atoms with Crippen LogP contribution >= 0.6 is 0 Å². The molecule has 4 nitrogen and oxygen atoms in total. The molecule has 0 spiro atoms. The lowest BCUT2D eigenvalue weighted by atomic mass is 10.2. The van der Waals surface area contributed by atoms with Crippen molar-refractivity contribution in [2.45, 2.75) is 0 Å². The number of aromatic nitrogens is 2. The first-order valence-electron chi connectivity index (χ1n) is 4.35. The highest BCUT2D eigenvalue weighted by molar-refractivity contribution is 5.57. The molecule has 0 amide bonds. The van der Waals surface area contributed by atoms with Gasteiger partial charge in [-0.15, -0.1) is 0 Å². The maximum atomic E-state index is 11.3. The Morgan fingerprint density at radius 2 is 2.20 bits per heavy atom. The van der Waals surface area contributed by atoms with E-state index in [2.05, 4.69) is 9.97 Å². The van der Waals surface area contributed by atoms with Gasteiger partial charge in [-0.05, 0) is 24.3 Å². The summed E-state index contributed by atoms with van der Waals surface area (Å²) in [4.78, 5) is 17.9. The molecule has 0 bridgehead atoms. The number of H-pyrrole nitrogens is 1. The zero-order valence-electron chi connectivity index (χ0n) is 7.77. The lowest BCUT2D eigenvalue weighted by molar-refractivity contribution is 1.21. The Morgan fingerprint density at radius 1 is 1.33 bits per heavy atom. The normalized spacial score (nSPS) is 9.53. The van der Waals surface area contributed by atoms with Crippen LogP contribution in [0.25, 0.3) is 11.3 Å². The summed E-state index contributed by atoms with van der Waals surface area (Å²) in [6.45, 7) is 0. The van der Waals surface area contributed by atoms with E-state index in [1.807, 2.05) is 12.1 Å². The SMILES string of the molecule is N#Cc1ccc(-c2cccnc2)[nH]c1=O. The predicted octanol–water partition coefficient (Wildman–Crippen LogP) is 1.31. The van der Waals surface area contributed by atoms with E-state index in [9.17, 15) is 4.79 Å². The molecule has 0 atom stereocenters. The third kappa shape index (κ3) is 1.76. The summed E-state index contributed by atoms with van der Waals surface area (Å²) in [5.74, 6) is 0. The lowest BCUT2D eigenvalue weighted by Crippen LogP contribution is -2.10. The smallest absolute Gasteiger partial charge is 0.266 e. The van der Waals surface area contributed by atoms with Crippen LogP contribution in [0.2, 0.25) is 0 Å². The van der Waals surface area contributed by atoms with Crippen molar-refractivity contribution in [3.8, 4) is 17.3 Å². The Bertz CT molecular complexity index is 566. The highest BCUT2D eigenvalue weighted by Gasteiger charge is 2.01. The van der Waals surface area contributed by atoms with Crippen molar-refractivity contribution in [1.29, 1.82) is 5.26 Å². The first-order chi connectivity index (χ1) is 7.31. The van der Waals surface area contributed by atoms with E-state index in [-0.39, 0.29) is 11.1 Å². The monoisotopic (exact) mass is 197 g/mol. The predicted molar refractivity (Wildman–Crippen MR) is 55.0 cm³/mol. The first-order valence-corrected chi connectivity index (χ1v) is 4.35. The number of nitriles is 1. The Kier molecular flexibility index (Phi) is 2.30. The molecule has 15 heavy (non-hydrogen) atoms. The molecular weight excluding hydrogens is 190 g/mol. The number of nitrogens with one attached hydrogen (secondary N) is 1. The second-order valence-electron chi connectivity index (χ2n) is 2.97. The quantitative estimate of drug-likeness (QED) is 0.749. The van der Waals surface area contributed by atoms with Gasteiger partial charge in [-0.2, -0.15) is 5.26 Å². The second-order valence-corrected chi connectivity index (χ2v) is 2.97. The molecule has 0 aliphatic heterocycles. The number of nitrogens with zero attached hydrogens (tertiary/aromatic N) is 2. The van der Waals surface area contributed by atoms with E-state index in [0.717, 1.165) is 5.56 Å². The molecular formula is C11H7N3O. The van der Waals surface area contributed by atoms with Crippen LogP contribution in [-0.2, 0) is 0 Å². The molecule has 2 rings (SSSR count). The third-order valence-corrected chi connectivity index (χ3v) is 2.00. The van der Waals surface area contributed by atoms with E-state index in [0.29, 0.717) is 5.69 Å². The van der Waals surface area contributed by atoms with E-state index >= 15 is 0 Å². The van der Waals surface area contributed by atoms with Gasteiger partial charge >= 0.3 is 0 Å². The summed E-state index contributed by atoms with van der Waals surface area (Å²) in [5, 5.41) is 8.60. The van der Waals surface area contributed by atoms with Gasteiger partial charge in [0.25, 0.3) is 5.56 Å². The van der Waals surface area contributed by atoms with E-state index in [1.54, 1.807) is 24.5 Å². The van der Waals surface area contributed by atoms with Gasteiger partial charge in [-0.25, -0.2) is 0 Å². The molecule has 0 radical (unpaired) electrons. The molecule has 0 aromatic carbocycles. The van der Waals surface area contributed by atoms with Crippen molar-refractivity contribution in [2.75, 3.05) is 0 Å². The van der Waals surface area contributed by atoms with Gasteiger partial charge < -0.3 is 4.98 Å². The topological polar surface area (TPSA) is 69.5 Å². The fraction of sp³-hybridized carbons (Fsp3) is 0. The third-order valence-electron chi connectivity index (χ3n) is 2.00. The second kappa shape index (κ2) is 3.76. The Labute approximate surface area is 85.8 Å². The highest BCUT2D eigenvalue weighted by Crippen LogP contribution is 2.12. The number of hydrogen-bond donors (Lipinski definition) is 1. The van der Waals surface area contributed by atoms with Crippen molar-refractivity contribution in [3.63, 3.8) is 0 Å². The fourth-order valence-corrected chi connectivity index (χ4v) is 1.25. The molecule has 0 unspecified atom stereocenters. The van der Waals surface area contributed by atoms with Gasteiger partial charge in [0.2, 0.25) is 0 Å². The lowest BCUT2D eigenvalue weighted by Gasteiger charge is -1.99. The van der Waals surface area contributed by atoms with Gasteiger partial charge in [-0.1, -0.05) is 0 Å². The molecule has 0 aliphatic rings. The fourth-order valence-electron chi connectivity index (χ4n) is 1.25. The summed E-state index contributed by atoms with van der Waals surface area (Å²) >= 11 is 0. The van der Waals surface area contributed by atoms with Crippen LogP contribution in [0.5, 0.6) is 0 Å². The van der Waals surface area contributed by atoms with Crippen LogP contribution in [0.15, 0.2) is 41.5 Å². The van der Waals surface area contributed by atoms with Gasteiger partial charge in [0.05, 0.1) is 0 Å². The molecule has 4 heteroatoms.